The summed E-state index contributed by atoms with van der Waals surface area (Å²) in [6, 6.07) is 6.96. The van der Waals surface area contributed by atoms with Crippen LogP contribution >= 0.6 is 11.3 Å². The Morgan fingerprint density at radius 1 is 1.14 bits per heavy atom. The van der Waals surface area contributed by atoms with E-state index in [1.807, 2.05) is 40.7 Å². The van der Waals surface area contributed by atoms with Crippen LogP contribution in [0.2, 0.25) is 0 Å². The zero-order valence-corrected chi connectivity index (χ0v) is 18.9. The number of nitrogens with zero attached hydrogens (tertiary/aromatic N) is 2. The highest BCUT2D eigenvalue weighted by Crippen LogP contribution is 2.18. The molecule has 0 spiro atoms. The Bertz CT molecular complexity index is 924. The van der Waals surface area contributed by atoms with Crippen molar-refractivity contribution < 1.29 is 8.42 Å². The molecule has 1 heterocycles. The molecular weight excluding hydrogens is 394 g/mol. The summed E-state index contributed by atoms with van der Waals surface area (Å²) in [5, 5.41) is 7.37. The molecule has 0 unspecified atom stereocenters. The van der Waals surface area contributed by atoms with Crippen LogP contribution in [0.25, 0.3) is 0 Å². The van der Waals surface area contributed by atoms with Gasteiger partial charge in [0.25, 0.3) is 0 Å². The molecule has 0 radical (unpaired) electrons. The molecule has 0 fully saturated rings. The minimum Gasteiger partial charge on any atom is -0.352 e. The van der Waals surface area contributed by atoms with Crippen LogP contribution in [0.15, 0.2) is 34.2 Å². The van der Waals surface area contributed by atoms with Crippen molar-refractivity contribution in [2.24, 2.45) is 4.99 Å². The summed E-state index contributed by atoms with van der Waals surface area (Å²) in [6.07, 6.45) is 0. The van der Waals surface area contributed by atoms with E-state index in [1.165, 1.54) is 4.88 Å². The number of aliphatic imine (C=N–C) groups is 1. The molecule has 0 amide bonds. The first-order valence-corrected chi connectivity index (χ1v) is 11.3. The first-order valence-electron chi connectivity index (χ1n) is 9.01. The summed E-state index contributed by atoms with van der Waals surface area (Å²) in [5.74, 6) is 0.585. The van der Waals surface area contributed by atoms with Crippen LogP contribution in [0, 0.1) is 13.8 Å². The summed E-state index contributed by atoms with van der Waals surface area (Å²) >= 11 is 1.65. The first kappa shape index (κ1) is 22.3. The van der Waals surface area contributed by atoms with Gasteiger partial charge in [-0.1, -0.05) is 18.2 Å². The lowest BCUT2D eigenvalue weighted by Crippen LogP contribution is -2.41. The minimum absolute atomic E-state index is 0.263. The van der Waals surface area contributed by atoms with Crippen molar-refractivity contribution in [2.45, 2.75) is 58.1 Å². The predicted octanol–water partition coefficient (Wildman–Crippen LogP) is 2.70. The second-order valence-electron chi connectivity index (χ2n) is 7.49. The number of sulfonamides is 1. The Labute approximate surface area is 171 Å². The lowest BCUT2D eigenvalue weighted by molar-refractivity contribution is 0.491. The van der Waals surface area contributed by atoms with Crippen molar-refractivity contribution in [1.82, 2.24) is 20.3 Å². The number of hydrogen-bond donors (Lipinski definition) is 3. The van der Waals surface area contributed by atoms with Crippen LogP contribution in [0.4, 0.5) is 0 Å². The second kappa shape index (κ2) is 9.02. The zero-order chi connectivity index (χ0) is 20.9. The monoisotopic (exact) mass is 423 g/mol. The minimum atomic E-state index is -3.62. The molecule has 154 valence electrons. The van der Waals surface area contributed by atoms with E-state index in [0.29, 0.717) is 24.6 Å². The Morgan fingerprint density at radius 3 is 2.36 bits per heavy atom. The lowest BCUT2D eigenvalue weighted by Gasteiger charge is -2.22. The Kier molecular flexibility index (Phi) is 7.19. The van der Waals surface area contributed by atoms with Gasteiger partial charge in [0.2, 0.25) is 10.0 Å². The number of rotatable bonds is 6. The van der Waals surface area contributed by atoms with E-state index >= 15 is 0 Å². The van der Waals surface area contributed by atoms with Gasteiger partial charge in [-0.25, -0.2) is 18.1 Å². The van der Waals surface area contributed by atoms with Crippen LogP contribution in [0.3, 0.4) is 0 Å². The van der Waals surface area contributed by atoms with Gasteiger partial charge in [-0.15, -0.1) is 11.3 Å². The normalized spacial score (nSPS) is 12.9. The molecule has 0 saturated carbocycles. The standard InChI is InChI=1S/C19H29N5O2S2/c1-13-14(2)27-17(23-13)12-22-18(20-6)21-11-15-9-7-8-10-16(15)28(25,26)24-19(3,4)5/h7-10,24H,11-12H2,1-6H3,(H2,20,21,22). The molecule has 0 saturated heterocycles. The molecular formula is C19H29N5O2S2. The van der Waals surface area contributed by atoms with Crippen LogP contribution in [0.5, 0.6) is 0 Å². The maximum absolute atomic E-state index is 12.7. The molecule has 0 aliphatic carbocycles. The molecule has 3 N–H and O–H groups in total. The molecule has 9 heteroatoms. The smallest absolute Gasteiger partial charge is 0.241 e. The van der Waals surface area contributed by atoms with Gasteiger partial charge in [-0.05, 0) is 46.2 Å². The zero-order valence-electron chi connectivity index (χ0n) is 17.3. The van der Waals surface area contributed by atoms with E-state index in [2.05, 4.69) is 25.3 Å². The van der Waals surface area contributed by atoms with Gasteiger partial charge in [-0.2, -0.15) is 0 Å². The summed E-state index contributed by atoms with van der Waals surface area (Å²) in [5.41, 5.74) is 1.15. The van der Waals surface area contributed by atoms with E-state index < -0.39 is 15.6 Å². The lowest BCUT2D eigenvalue weighted by atomic mass is 10.1. The van der Waals surface area contributed by atoms with Gasteiger partial charge < -0.3 is 10.6 Å². The molecule has 0 atom stereocenters. The summed E-state index contributed by atoms with van der Waals surface area (Å²) in [6.45, 7) is 10.4. The van der Waals surface area contributed by atoms with E-state index in [1.54, 1.807) is 36.6 Å². The molecule has 0 bridgehead atoms. The highest BCUT2D eigenvalue weighted by atomic mass is 32.2. The third kappa shape index (κ3) is 6.29. The average molecular weight is 424 g/mol. The number of nitrogens with one attached hydrogen (secondary N) is 3. The third-order valence-electron chi connectivity index (χ3n) is 3.85. The maximum atomic E-state index is 12.7. The van der Waals surface area contributed by atoms with Crippen LogP contribution < -0.4 is 15.4 Å². The van der Waals surface area contributed by atoms with Gasteiger partial charge in [-0.3, -0.25) is 4.99 Å². The van der Waals surface area contributed by atoms with Crippen LogP contribution in [-0.2, 0) is 23.1 Å². The third-order valence-corrected chi connectivity index (χ3v) is 6.78. The summed E-state index contributed by atoms with van der Waals surface area (Å²) in [7, 11) is -1.94. The summed E-state index contributed by atoms with van der Waals surface area (Å²) in [4.78, 5) is 10.2. The average Bonchev–Trinajstić information content (AvgIpc) is 2.91. The fourth-order valence-electron chi connectivity index (χ4n) is 2.54. The van der Waals surface area contributed by atoms with Crippen molar-refractivity contribution in [2.75, 3.05) is 7.05 Å². The number of benzene rings is 1. The first-order chi connectivity index (χ1) is 13.0. The quantitative estimate of drug-likeness (QED) is 0.490. The largest absolute Gasteiger partial charge is 0.352 e. The molecule has 0 aliphatic heterocycles. The van der Waals surface area contributed by atoms with Crippen molar-refractivity contribution in [3.8, 4) is 0 Å². The van der Waals surface area contributed by atoms with Gasteiger partial charge in [0.1, 0.15) is 5.01 Å². The number of hydrogen-bond acceptors (Lipinski definition) is 5. The fraction of sp³-hybridized carbons (Fsp3) is 0.474. The Balaban J connectivity index is 2.07. The van der Waals surface area contributed by atoms with Gasteiger partial charge >= 0.3 is 0 Å². The van der Waals surface area contributed by atoms with Crippen molar-refractivity contribution >= 4 is 27.3 Å². The molecule has 28 heavy (non-hydrogen) atoms. The van der Waals surface area contributed by atoms with Crippen molar-refractivity contribution in [3.63, 3.8) is 0 Å². The molecule has 1 aromatic heterocycles. The molecule has 0 aliphatic rings. The Morgan fingerprint density at radius 2 is 1.79 bits per heavy atom. The van der Waals surface area contributed by atoms with E-state index in [4.69, 9.17) is 0 Å². The highest BCUT2D eigenvalue weighted by molar-refractivity contribution is 7.89. The Hall–Kier alpha value is -1.97. The molecule has 7 nitrogen and oxygen atoms in total. The van der Waals surface area contributed by atoms with Crippen LogP contribution in [-0.4, -0.2) is 31.9 Å². The predicted molar refractivity (Wildman–Crippen MR) is 115 cm³/mol. The SMILES string of the molecule is CN=C(NCc1nc(C)c(C)s1)NCc1ccccc1S(=O)(=O)NC(C)(C)C. The molecule has 2 aromatic rings. The molecule has 2 rings (SSSR count). The number of aryl methyl sites for hydroxylation is 2. The van der Waals surface area contributed by atoms with E-state index in [0.717, 1.165) is 10.7 Å². The fourth-order valence-corrected chi connectivity index (χ4v) is 5.08. The van der Waals surface area contributed by atoms with Gasteiger partial charge in [0, 0.05) is 24.0 Å². The number of guanidine groups is 1. The maximum Gasteiger partial charge on any atom is 0.241 e. The van der Waals surface area contributed by atoms with Crippen molar-refractivity contribution in [1.29, 1.82) is 0 Å². The second-order valence-corrected chi connectivity index (χ2v) is 10.4. The van der Waals surface area contributed by atoms with E-state index in [-0.39, 0.29) is 4.90 Å². The molecule has 1 aromatic carbocycles. The van der Waals surface area contributed by atoms with Crippen LogP contribution in [0.1, 0.15) is 41.9 Å². The van der Waals surface area contributed by atoms with E-state index in [9.17, 15) is 8.42 Å². The highest BCUT2D eigenvalue weighted by Gasteiger charge is 2.24. The van der Waals surface area contributed by atoms with Gasteiger partial charge in [0.05, 0.1) is 17.1 Å². The van der Waals surface area contributed by atoms with Crippen molar-refractivity contribution in [3.05, 3.63) is 45.4 Å². The van der Waals surface area contributed by atoms with Gasteiger partial charge in [0.15, 0.2) is 5.96 Å². The summed E-state index contributed by atoms with van der Waals surface area (Å²) < 4.78 is 28.2. The topological polar surface area (TPSA) is 95.5 Å². The number of aromatic nitrogens is 1. The number of thiazole rings is 1.